The van der Waals surface area contributed by atoms with Crippen molar-refractivity contribution in [2.24, 2.45) is 7.05 Å². The summed E-state index contributed by atoms with van der Waals surface area (Å²) in [7, 11) is 3.73. The fraction of sp³-hybridized carbons (Fsp3) is 0.286. The first kappa shape index (κ1) is 18.2. The number of para-hydroxylation sites is 3. The van der Waals surface area contributed by atoms with Crippen molar-refractivity contribution < 1.29 is 5.11 Å². The van der Waals surface area contributed by atoms with Crippen LogP contribution in [-0.4, -0.2) is 44.4 Å². The highest BCUT2D eigenvalue weighted by atomic mass is 16.3. The topological polar surface area (TPSA) is 76.2 Å². The first-order valence-electron chi connectivity index (χ1n) is 9.32. The number of hydrogen-bond donors (Lipinski definition) is 1. The van der Waals surface area contributed by atoms with Crippen molar-refractivity contribution in [3.8, 4) is 0 Å². The molecule has 0 unspecified atom stereocenters. The van der Waals surface area contributed by atoms with E-state index in [0.29, 0.717) is 25.3 Å². The standard InChI is InChI=1S/C21H23N5O2/c1-24(12-7-13-27)20-15-8-3-4-9-16(15)22-19(23-20)14-26-18-11-6-5-10-17(18)25(2)21(26)28/h3-6,8-11,27H,7,12-14H2,1-2H3. The van der Waals surface area contributed by atoms with Gasteiger partial charge in [-0.25, -0.2) is 14.8 Å². The molecule has 4 aromatic rings. The van der Waals surface area contributed by atoms with Crippen LogP contribution in [0.3, 0.4) is 0 Å². The Morgan fingerprint density at radius 3 is 2.54 bits per heavy atom. The monoisotopic (exact) mass is 377 g/mol. The summed E-state index contributed by atoms with van der Waals surface area (Å²) in [4.78, 5) is 24.2. The lowest BCUT2D eigenvalue weighted by molar-refractivity contribution is 0.290. The number of imidazole rings is 1. The van der Waals surface area contributed by atoms with Crippen LogP contribution in [0.2, 0.25) is 0 Å². The number of aliphatic hydroxyl groups excluding tert-OH is 1. The van der Waals surface area contributed by atoms with Gasteiger partial charge >= 0.3 is 5.69 Å². The van der Waals surface area contributed by atoms with Crippen LogP contribution < -0.4 is 10.6 Å². The molecule has 28 heavy (non-hydrogen) atoms. The van der Waals surface area contributed by atoms with Crippen LogP contribution in [0, 0.1) is 0 Å². The Labute approximate surface area is 162 Å². The molecule has 0 aliphatic heterocycles. The maximum atomic E-state index is 12.7. The summed E-state index contributed by atoms with van der Waals surface area (Å²) < 4.78 is 3.35. The number of hydrogen-bond acceptors (Lipinski definition) is 5. The molecule has 0 atom stereocenters. The summed E-state index contributed by atoms with van der Waals surface area (Å²) in [5, 5.41) is 10.1. The summed E-state index contributed by atoms with van der Waals surface area (Å²) in [5.74, 6) is 1.39. The van der Waals surface area contributed by atoms with Crippen molar-refractivity contribution in [2.75, 3.05) is 25.1 Å². The number of nitrogens with zero attached hydrogens (tertiary/aromatic N) is 5. The first-order valence-corrected chi connectivity index (χ1v) is 9.32. The molecule has 0 spiro atoms. The van der Waals surface area contributed by atoms with E-state index in [0.717, 1.165) is 27.8 Å². The molecule has 0 aliphatic carbocycles. The van der Waals surface area contributed by atoms with Gasteiger partial charge in [0.05, 0.1) is 23.1 Å². The van der Waals surface area contributed by atoms with Gasteiger partial charge in [0.25, 0.3) is 0 Å². The van der Waals surface area contributed by atoms with E-state index in [1.165, 1.54) is 0 Å². The molecule has 0 saturated heterocycles. The number of anilines is 1. The third kappa shape index (κ3) is 3.14. The molecule has 7 nitrogen and oxygen atoms in total. The van der Waals surface area contributed by atoms with Crippen molar-refractivity contribution in [1.82, 2.24) is 19.1 Å². The Balaban J connectivity index is 1.82. The molecule has 0 fully saturated rings. The Bertz CT molecular complexity index is 1190. The van der Waals surface area contributed by atoms with Crippen LogP contribution >= 0.6 is 0 Å². The van der Waals surface area contributed by atoms with Crippen molar-refractivity contribution in [1.29, 1.82) is 0 Å². The van der Waals surface area contributed by atoms with E-state index in [2.05, 4.69) is 0 Å². The minimum atomic E-state index is -0.0897. The van der Waals surface area contributed by atoms with Gasteiger partial charge in [-0.05, 0) is 30.7 Å². The molecule has 0 amide bonds. The number of aryl methyl sites for hydroxylation is 1. The van der Waals surface area contributed by atoms with E-state index < -0.39 is 0 Å². The van der Waals surface area contributed by atoms with Crippen molar-refractivity contribution in [3.63, 3.8) is 0 Å². The Hall–Kier alpha value is -3.19. The normalized spacial score (nSPS) is 11.4. The fourth-order valence-corrected chi connectivity index (χ4v) is 3.54. The zero-order chi connectivity index (χ0) is 19.7. The zero-order valence-electron chi connectivity index (χ0n) is 16.0. The van der Waals surface area contributed by atoms with Crippen LogP contribution in [0.5, 0.6) is 0 Å². The lowest BCUT2D eigenvalue weighted by Crippen LogP contribution is -2.25. The van der Waals surface area contributed by atoms with Crippen LogP contribution in [-0.2, 0) is 13.6 Å². The minimum absolute atomic E-state index is 0.0897. The molecule has 0 aliphatic rings. The third-order valence-corrected chi connectivity index (χ3v) is 4.99. The van der Waals surface area contributed by atoms with Crippen LogP contribution in [0.1, 0.15) is 12.2 Å². The first-order chi connectivity index (χ1) is 13.6. The van der Waals surface area contributed by atoms with Gasteiger partial charge in [-0.3, -0.25) is 9.13 Å². The zero-order valence-corrected chi connectivity index (χ0v) is 16.0. The minimum Gasteiger partial charge on any atom is -0.396 e. The van der Waals surface area contributed by atoms with E-state index in [1.807, 2.05) is 60.5 Å². The summed E-state index contributed by atoms with van der Waals surface area (Å²) in [6.07, 6.45) is 0.660. The maximum Gasteiger partial charge on any atom is 0.329 e. The summed E-state index contributed by atoms with van der Waals surface area (Å²) in [6, 6.07) is 15.6. The van der Waals surface area contributed by atoms with Crippen LogP contribution in [0.25, 0.3) is 21.9 Å². The van der Waals surface area contributed by atoms with Gasteiger partial charge in [-0.2, -0.15) is 0 Å². The van der Waals surface area contributed by atoms with E-state index in [9.17, 15) is 4.79 Å². The SMILES string of the molecule is CN(CCCO)c1nc(Cn2c(=O)n(C)c3ccccc32)nc2ccccc12. The average molecular weight is 377 g/mol. The highest BCUT2D eigenvalue weighted by Crippen LogP contribution is 2.24. The predicted octanol–water partition coefficient (Wildman–Crippen LogP) is 2.15. The molecular weight excluding hydrogens is 354 g/mol. The second-order valence-electron chi connectivity index (χ2n) is 6.90. The average Bonchev–Trinajstić information content (AvgIpc) is 2.96. The molecule has 0 saturated carbocycles. The van der Waals surface area contributed by atoms with Crippen molar-refractivity contribution in [2.45, 2.75) is 13.0 Å². The second kappa shape index (κ2) is 7.44. The predicted molar refractivity (Wildman–Crippen MR) is 111 cm³/mol. The lowest BCUT2D eigenvalue weighted by atomic mass is 10.2. The van der Waals surface area contributed by atoms with Gasteiger partial charge in [0.15, 0.2) is 5.82 Å². The van der Waals surface area contributed by atoms with E-state index in [1.54, 1.807) is 16.2 Å². The van der Waals surface area contributed by atoms with E-state index in [4.69, 9.17) is 15.1 Å². The Morgan fingerprint density at radius 1 is 1.04 bits per heavy atom. The second-order valence-corrected chi connectivity index (χ2v) is 6.90. The molecule has 1 N–H and O–H groups in total. The molecule has 2 aromatic carbocycles. The molecule has 144 valence electrons. The van der Waals surface area contributed by atoms with Gasteiger partial charge in [-0.1, -0.05) is 24.3 Å². The van der Waals surface area contributed by atoms with Crippen molar-refractivity contribution in [3.05, 3.63) is 64.8 Å². The summed E-state index contributed by atoms with van der Waals surface area (Å²) in [5.41, 5.74) is 2.50. The number of benzene rings is 2. The molecule has 0 radical (unpaired) electrons. The third-order valence-electron chi connectivity index (χ3n) is 4.99. The smallest absolute Gasteiger partial charge is 0.329 e. The number of aliphatic hydroxyl groups is 1. The number of aromatic nitrogens is 4. The molecule has 4 rings (SSSR count). The van der Waals surface area contributed by atoms with Gasteiger partial charge in [0.1, 0.15) is 5.82 Å². The van der Waals surface area contributed by atoms with Crippen molar-refractivity contribution >= 4 is 27.8 Å². The fourth-order valence-electron chi connectivity index (χ4n) is 3.54. The van der Waals surface area contributed by atoms with Gasteiger partial charge in [0, 0.05) is 32.6 Å². The van der Waals surface area contributed by atoms with Gasteiger partial charge in [0.2, 0.25) is 0 Å². The van der Waals surface area contributed by atoms with Gasteiger partial charge in [-0.15, -0.1) is 0 Å². The lowest BCUT2D eigenvalue weighted by Gasteiger charge is -2.20. The quantitative estimate of drug-likeness (QED) is 0.557. The number of rotatable bonds is 6. The summed E-state index contributed by atoms with van der Waals surface area (Å²) in [6.45, 7) is 1.11. The number of fused-ring (bicyclic) bond motifs is 2. The largest absolute Gasteiger partial charge is 0.396 e. The maximum absolute atomic E-state index is 12.7. The van der Waals surface area contributed by atoms with E-state index >= 15 is 0 Å². The molecular formula is C21H23N5O2. The Morgan fingerprint density at radius 2 is 1.75 bits per heavy atom. The van der Waals surface area contributed by atoms with Crippen LogP contribution in [0.4, 0.5) is 5.82 Å². The summed E-state index contributed by atoms with van der Waals surface area (Å²) >= 11 is 0. The molecule has 2 aromatic heterocycles. The highest BCUT2D eigenvalue weighted by molar-refractivity contribution is 5.89. The highest BCUT2D eigenvalue weighted by Gasteiger charge is 2.15. The van der Waals surface area contributed by atoms with E-state index in [-0.39, 0.29) is 12.3 Å². The Kier molecular flexibility index (Phi) is 4.83. The van der Waals surface area contributed by atoms with Gasteiger partial charge < -0.3 is 10.0 Å². The molecule has 0 bridgehead atoms. The molecule has 2 heterocycles. The molecule has 7 heteroatoms. The van der Waals surface area contributed by atoms with Crippen LogP contribution in [0.15, 0.2) is 53.3 Å².